The van der Waals surface area contributed by atoms with E-state index in [4.69, 9.17) is 5.73 Å². The maximum atomic E-state index is 12.4. The molecule has 7 nitrogen and oxygen atoms in total. The van der Waals surface area contributed by atoms with E-state index in [9.17, 15) is 14.4 Å². The molecule has 0 spiro atoms. The Balaban J connectivity index is 0.00000225. The predicted molar refractivity (Wildman–Crippen MR) is 96.0 cm³/mol. The van der Waals surface area contributed by atoms with Crippen molar-refractivity contribution in [3.05, 3.63) is 0 Å². The number of hydrogen-bond acceptors (Lipinski definition) is 4. The smallest absolute Gasteiger partial charge is 0.224 e. The largest absolute Gasteiger partial charge is 0.355 e. The van der Waals surface area contributed by atoms with E-state index in [1.54, 1.807) is 16.7 Å². The van der Waals surface area contributed by atoms with Crippen LogP contribution in [0.3, 0.4) is 0 Å². The average Bonchev–Trinajstić information content (AvgIpc) is 3.15. The molecule has 142 valence electrons. The average molecular weight is 373 g/mol. The number of piperazine rings is 1. The molecule has 2 saturated carbocycles. The molecular weight excluding hydrogens is 344 g/mol. The highest BCUT2D eigenvalue weighted by Gasteiger charge is 2.48. The van der Waals surface area contributed by atoms with Crippen LogP contribution in [0, 0.1) is 17.8 Å². The zero-order valence-electron chi connectivity index (χ0n) is 14.8. The quantitative estimate of drug-likeness (QED) is 0.724. The second-order valence-electron chi connectivity index (χ2n) is 7.36. The predicted octanol–water partition coefficient (Wildman–Crippen LogP) is -0.0214. The lowest BCUT2D eigenvalue weighted by molar-refractivity contribution is -0.138. The molecule has 4 unspecified atom stereocenters. The van der Waals surface area contributed by atoms with Gasteiger partial charge in [0.25, 0.3) is 0 Å². The van der Waals surface area contributed by atoms with Gasteiger partial charge in [-0.05, 0) is 31.1 Å². The highest BCUT2D eigenvalue weighted by atomic mass is 35.5. The summed E-state index contributed by atoms with van der Waals surface area (Å²) in [5.41, 5.74) is 6.18. The molecule has 3 rings (SSSR count). The first-order valence-corrected chi connectivity index (χ1v) is 9.04. The van der Waals surface area contributed by atoms with Crippen LogP contribution in [0.1, 0.15) is 32.6 Å². The van der Waals surface area contributed by atoms with Crippen molar-refractivity contribution in [2.45, 2.75) is 38.6 Å². The minimum atomic E-state index is -0.0713. The number of carbonyl (C=O) groups is 3. The number of nitrogens with two attached hydrogens (primary N) is 1. The molecule has 2 aliphatic carbocycles. The zero-order valence-corrected chi connectivity index (χ0v) is 15.6. The normalized spacial score (nSPS) is 30.8. The number of amides is 3. The molecule has 0 aromatic carbocycles. The fraction of sp³-hybridized carbons (Fsp3) is 0.824. The SMILES string of the molecule is CC(=O)N1CCN(C(=O)CCNC(=O)C2C3CCC(C3)C2N)CC1.Cl. The third-order valence-corrected chi connectivity index (χ3v) is 6.00. The summed E-state index contributed by atoms with van der Waals surface area (Å²) in [6, 6.07) is -0.0147. The van der Waals surface area contributed by atoms with Crippen molar-refractivity contribution in [2.75, 3.05) is 32.7 Å². The second kappa shape index (κ2) is 8.36. The van der Waals surface area contributed by atoms with Gasteiger partial charge < -0.3 is 20.9 Å². The Labute approximate surface area is 155 Å². The highest BCUT2D eigenvalue weighted by Crippen LogP contribution is 2.47. The molecular formula is C17H29ClN4O3. The standard InChI is InChI=1S/C17H28N4O3.ClH/c1-11(22)20-6-8-21(9-7-20)14(23)4-5-19-17(24)15-12-2-3-13(10-12)16(15)18;/h12-13,15-16H,2-10,18H2,1H3,(H,19,24);1H. The Morgan fingerprint density at radius 2 is 1.64 bits per heavy atom. The number of nitrogens with one attached hydrogen (secondary N) is 1. The van der Waals surface area contributed by atoms with Gasteiger partial charge in [0.2, 0.25) is 17.7 Å². The maximum absolute atomic E-state index is 12.4. The number of rotatable bonds is 4. The lowest BCUT2D eigenvalue weighted by Crippen LogP contribution is -2.50. The minimum absolute atomic E-state index is 0. The molecule has 0 radical (unpaired) electrons. The molecule has 0 aromatic heterocycles. The topological polar surface area (TPSA) is 95.7 Å². The fourth-order valence-electron chi connectivity index (χ4n) is 4.56. The Kier molecular flexibility index (Phi) is 6.68. The highest BCUT2D eigenvalue weighted by molar-refractivity contribution is 5.85. The van der Waals surface area contributed by atoms with E-state index < -0.39 is 0 Å². The van der Waals surface area contributed by atoms with Crippen LogP contribution in [-0.4, -0.2) is 66.3 Å². The number of nitrogens with zero attached hydrogens (tertiary/aromatic N) is 2. The summed E-state index contributed by atoms with van der Waals surface area (Å²) in [7, 11) is 0. The van der Waals surface area contributed by atoms with Crippen LogP contribution in [0.15, 0.2) is 0 Å². The van der Waals surface area contributed by atoms with Crippen molar-refractivity contribution < 1.29 is 14.4 Å². The van der Waals surface area contributed by atoms with Gasteiger partial charge in [0.15, 0.2) is 0 Å². The van der Waals surface area contributed by atoms with Gasteiger partial charge in [-0.3, -0.25) is 14.4 Å². The molecule has 3 N–H and O–H groups in total. The van der Waals surface area contributed by atoms with Gasteiger partial charge in [-0.1, -0.05) is 0 Å². The Morgan fingerprint density at radius 1 is 1.04 bits per heavy atom. The number of fused-ring (bicyclic) bond motifs is 2. The summed E-state index contributed by atoms with van der Waals surface area (Å²) in [6.07, 6.45) is 3.65. The van der Waals surface area contributed by atoms with E-state index in [0.717, 1.165) is 19.3 Å². The van der Waals surface area contributed by atoms with E-state index in [-0.39, 0.29) is 42.1 Å². The van der Waals surface area contributed by atoms with E-state index in [2.05, 4.69) is 5.32 Å². The number of carbonyl (C=O) groups excluding carboxylic acids is 3. The molecule has 3 aliphatic rings. The zero-order chi connectivity index (χ0) is 17.3. The molecule has 4 atom stereocenters. The third kappa shape index (κ3) is 4.26. The third-order valence-electron chi connectivity index (χ3n) is 6.00. The second-order valence-corrected chi connectivity index (χ2v) is 7.36. The summed E-state index contributed by atoms with van der Waals surface area (Å²) in [6.45, 7) is 4.24. The fourth-order valence-corrected chi connectivity index (χ4v) is 4.56. The van der Waals surface area contributed by atoms with Gasteiger partial charge in [0, 0.05) is 52.1 Å². The summed E-state index contributed by atoms with van der Waals surface area (Å²) in [4.78, 5) is 39.4. The van der Waals surface area contributed by atoms with Crippen LogP contribution in [0.2, 0.25) is 0 Å². The lowest BCUT2D eigenvalue weighted by atomic mass is 9.84. The van der Waals surface area contributed by atoms with Crippen molar-refractivity contribution in [1.29, 1.82) is 0 Å². The van der Waals surface area contributed by atoms with Crippen molar-refractivity contribution >= 4 is 30.1 Å². The first-order valence-electron chi connectivity index (χ1n) is 9.04. The van der Waals surface area contributed by atoms with Gasteiger partial charge in [-0.15, -0.1) is 12.4 Å². The molecule has 0 aromatic rings. The number of hydrogen-bond donors (Lipinski definition) is 2. The van der Waals surface area contributed by atoms with Crippen LogP contribution < -0.4 is 11.1 Å². The monoisotopic (exact) mass is 372 g/mol. The van der Waals surface area contributed by atoms with Crippen LogP contribution in [0.25, 0.3) is 0 Å². The van der Waals surface area contributed by atoms with Crippen molar-refractivity contribution in [3.8, 4) is 0 Å². The summed E-state index contributed by atoms with van der Waals surface area (Å²) in [5.74, 6) is 0.972. The van der Waals surface area contributed by atoms with Crippen molar-refractivity contribution in [3.63, 3.8) is 0 Å². The summed E-state index contributed by atoms with van der Waals surface area (Å²) in [5, 5.41) is 2.91. The van der Waals surface area contributed by atoms with E-state index in [0.29, 0.717) is 51.0 Å². The first-order chi connectivity index (χ1) is 11.5. The molecule has 3 fully saturated rings. The van der Waals surface area contributed by atoms with Gasteiger partial charge in [-0.25, -0.2) is 0 Å². The molecule has 25 heavy (non-hydrogen) atoms. The minimum Gasteiger partial charge on any atom is -0.355 e. The van der Waals surface area contributed by atoms with E-state index in [1.807, 2.05) is 0 Å². The molecule has 1 aliphatic heterocycles. The van der Waals surface area contributed by atoms with E-state index in [1.165, 1.54) is 0 Å². The van der Waals surface area contributed by atoms with Crippen molar-refractivity contribution in [2.24, 2.45) is 23.5 Å². The van der Waals surface area contributed by atoms with Crippen LogP contribution in [-0.2, 0) is 14.4 Å². The molecule has 3 amide bonds. The summed E-state index contributed by atoms with van der Waals surface area (Å²) >= 11 is 0. The Bertz CT molecular complexity index is 520. The van der Waals surface area contributed by atoms with Gasteiger partial charge in [-0.2, -0.15) is 0 Å². The molecule has 2 bridgehead atoms. The van der Waals surface area contributed by atoms with E-state index >= 15 is 0 Å². The maximum Gasteiger partial charge on any atom is 0.224 e. The van der Waals surface area contributed by atoms with Crippen LogP contribution >= 0.6 is 12.4 Å². The molecule has 1 saturated heterocycles. The summed E-state index contributed by atoms with van der Waals surface area (Å²) < 4.78 is 0. The first kappa shape index (κ1) is 20.0. The van der Waals surface area contributed by atoms with Crippen LogP contribution in [0.4, 0.5) is 0 Å². The van der Waals surface area contributed by atoms with Gasteiger partial charge in [0.05, 0.1) is 5.92 Å². The lowest BCUT2D eigenvalue weighted by Gasteiger charge is -2.34. The Hall–Kier alpha value is -1.34. The molecule has 1 heterocycles. The molecule has 8 heteroatoms. The Morgan fingerprint density at radius 3 is 2.20 bits per heavy atom. The number of halogens is 1. The van der Waals surface area contributed by atoms with Crippen molar-refractivity contribution in [1.82, 2.24) is 15.1 Å². The van der Waals surface area contributed by atoms with Gasteiger partial charge in [0.1, 0.15) is 0 Å². The van der Waals surface area contributed by atoms with Gasteiger partial charge >= 0.3 is 0 Å². The van der Waals surface area contributed by atoms with Crippen LogP contribution in [0.5, 0.6) is 0 Å².